The molecule has 7 heteroatoms. The number of benzene rings is 2. The van der Waals surface area contributed by atoms with Gasteiger partial charge in [0, 0.05) is 31.8 Å². The van der Waals surface area contributed by atoms with E-state index in [1.807, 2.05) is 30.3 Å². The molecule has 0 radical (unpaired) electrons. The molecule has 1 unspecified atom stereocenters. The van der Waals surface area contributed by atoms with Crippen LogP contribution in [-0.4, -0.2) is 65.5 Å². The maximum atomic E-state index is 11.6. The number of aromatic nitrogens is 2. The number of piperidine rings is 1. The molecule has 4 rings (SSSR count). The van der Waals surface area contributed by atoms with Crippen LogP contribution < -0.4 is 10.1 Å². The Bertz CT molecular complexity index is 997. The number of aromatic amines is 1. The minimum Gasteiger partial charge on any atom is -0.490 e. The SMILES string of the molecule is CNC(=O)CC1CCN(CC(O)COc2ccc3ccccc3c2-c2ccn[nH]2)CC1. The summed E-state index contributed by atoms with van der Waals surface area (Å²) in [5.41, 5.74) is 1.84. The summed E-state index contributed by atoms with van der Waals surface area (Å²) in [6.45, 7) is 2.58. The number of hydrogen-bond donors (Lipinski definition) is 3. The zero-order valence-electron chi connectivity index (χ0n) is 17.9. The summed E-state index contributed by atoms with van der Waals surface area (Å²) in [6, 6.07) is 14.1. The van der Waals surface area contributed by atoms with E-state index >= 15 is 0 Å². The minimum atomic E-state index is -0.587. The Balaban J connectivity index is 1.36. The van der Waals surface area contributed by atoms with Crippen molar-refractivity contribution in [1.82, 2.24) is 20.4 Å². The number of rotatable bonds is 8. The number of nitrogens with one attached hydrogen (secondary N) is 2. The van der Waals surface area contributed by atoms with Crippen LogP contribution in [0.15, 0.2) is 48.7 Å². The van der Waals surface area contributed by atoms with Crippen molar-refractivity contribution in [2.24, 2.45) is 5.92 Å². The van der Waals surface area contributed by atoms with Crippen molar-refractivity contribution in [2.45, 2.75) is 25.4 Å². The van der Waals surface area contributed by atoms with Crippen molar-refractivity contribution in [3.05, 3.63) is 48.7 Å². The number of aliphatic hydroxyl groups excluding tert-OH is 1. The van der Waals surface area contributed by atoms with E-state index < -0.39 is 6.10 Å². The van der Waals surface area contributed by atoms with Gasteiger partial charge in [0.15, 0.2) is 0 Å². The van der Waals surface area contributed by atoms with Crippen molar-refractivity contribution in [2.75, 3.05) is 33.3 Å². The van der Waals surface area contributed by atoms with Crippen molar-refractivity contribution in [3.63, 3.8) is 0 Å². The quantitative estimate of drug-likeness (QED) is 0.519. The molecule has 1 aliphatic rings. The normalized spacial score (nSPS) is 16.3. The molecule has 0 spiro atoms. The molecule has 0 aliphatic carbocycles. The summed E-state index contributed by atoms with van der Waals surface area (Å²) in [4.78, 5) is 13.8. The monoisotopic (exact) mass is 422 g/mol. The van der Waals surface area contributed by atoms with Crippen LogP contribution in [0.4, 0.5) is 0 Å². The molecule has 1 saturated heterocycles. The molecule has 1 aliphatic heterocycles. The van der Waals surface area contributed by atoms with Gasteiger partial charge < -0.3 is 20.1 Å². The third-order valence-electron chi connectivity index (χ3n) is 6.02. The summed E-state index contributed by atoms with van der Waals surface area (Å²) in [7, 11) is 1.68. The van der Waals surface area contributed by atoms with Gasteiger partial charge >= 0.3 is 0 Å². The number of β-amino-alcohol motifs (C(OH)–C–C–N with tert-alkyl or cyclic N) is 1. The van der Waals surface area contributed by atoms with E-state index in [9.17, 15) is 9.90 Å². The van der Waals surface area contributed by atoms with Gasteiger partial charge in [-0.2, -0.15) is 5.10 Å². The number of H-pyrrole nitrogens is 1. The van der Waals surface area contributed by atoms with Gasteiger partial charge in [0.2, 0.25) is 5.91 Å². The number of carbonyl (C=O) groups excluding carboxylic acids is 1. The molecule has 0 saturated carbocycles. The highest BCUT2D eigenvalue weighted by Gasteiger charge is 2.23. The van der Waals surface area contributed by atoms with Crippen LogP contribution in [0.2, 0.25) is 0 Å². The predicted octanol–water partition coefficient (Wildman–Crippen LogP) is 2.82. The van der Waals surface area contributed by atoms with E-state index in [1.54, 1.807) is 13.2 Å². The maximum absolute atomic E-state index is 11.6. The Morgan fingerprint density at radius 2 is 2.06 bits per heavy atom. The number of ether oxygens (including phenoxy) is 1. The standard InChI is InChI=1S/C24H30N4O3/c1-25-23(30)14-17-9-12-28(13-10-17)15-19(29)16-31-22-7-6-18-4-2-3-5-20(18)24(22)21-8-11-26-27-21/h2-8,11,17,19,29H,9-10,12-16H2,1H3,(H,25,30)(H,26,27). The third kappa shape index (κ3) is 5.24. The second-order valence-electron chi connectivity index (χ2n) is 8.22. The van der Waals surface area contributed by atoms with E-state index in [0.29, 0.717) is 18.9 Å². The Hall–Kier alpha value is -2.90. The Morgan fingerprint density at radius 3 is 2.81 bits per heavy atom. The lowest BCUT2D eigenvalue weighted by molar-refractivity contribution is -0.121. The number of likely N-dealkylation sites (tertiary alicyclic amines) is 1. The van der Waals surface area contributed by atoms with E-state index in [1.165, 1.54) is 0 Å². The van der Waals surface area contributed by atoms with Gasteiger partial charge in [0.05, 0.1) is 5.69 Å². The highest BCUT2D eigenvalue weighted by molar-refractivity contribution is 5.98. The van der Waals surface area contributed by atoms with Crippen molar-refractivity contribution < 1.29 is 14.6 Å². The average Bonchev–Trinajstić information content (AvgIpc) is 3.33. The zero-order chi connectivity index (χ0) is 21.6. The fraction of sp³-hybridized carbons (Fsp3) is 0.417. The molecule has 1 atom stereocenters. The highest BCUT2D eigenvalue weighted by Crippen LogP contribution is 2.36. The molecular weight excluding hydrogens is 392 g/mol. The molecule has 0 bridgehead atoms. The molecule has 1 aromatic heterocycles. The zero-order valence-corrected chi connectivity index (χ0v) is 17.9. The molecule has 2 aromatic carbocycles. The fourth-order valence-electron chi connectivity index (χ4n) is 4.32. The summed E-state index contributed by atoms with van der Waals surface area (Å²) < 4.78 is 6.08. The smallest absolute Gasteiger partial charge is 0.220 e. The van der Waals surface area contributed by atoms with Crippen molar-refractivity contribution >= 4 is 16.7 Å². The first kappa shape index (κ1) is 21.3. The van der Waals surface area contributed by atoms with E-state index in [4.69, 9.17) is 4.74 Å². The number of hydrogen-bond acceptors (Lipinski definition) is 5. The van der Waals surface area contributed by atoms with Crippen molar-refractivity contribution in [3.8, 4) is 17.0 Å². The van der Waals surface area contributed by atoms with Gasteiger partial charge in [-0.3, -0.25) is 9.89 Å². The van der Waals surface area contributed by atoms with Gasteiger partial charge in [0.1, 0.15) is 18.5 Å². The minimum absolute atomic E-state index is 0.107. The second kappa shape index (κ2) is 9.94. The lowest BCUT2D eigenvalue weighted by Crippen LogP contribution is -2.41. The van der Waals surface area contributed by atoms with Crippen LogP contribution in [0.3, 0.4) is 0 Å². The Kier molecular flexibility index (Phi) is 6.84. The number of carbonyl (C=O) groups is 1. The van der Waals surface area contributed by atoms with Crippen LogP contribution in [0.1, 0.15) is 19.3 Å². The number of amides is 1. The van der Waals surface area contributed by atoms with Gasteiger partial charge in [-0.05, 0) is 54.8 Å². The van der Waals surface area contributed by atoms with Gasteiger partial charge in [-0.15, -0.1) is 0 Å². The van der Waals surface area contributed by atoms with Crippen LogP contribution in [0, 0.1) is 5.92 Å². The van der Waals surface area contributed by atoms with E-state index in [2.05, 4.69) is 32.5 Å². The fourth-order valence-corrected chi connectivity index (χ4v) is 4.32. The van der Waals surface area contributed by atoms with Crippen LogP contribution >= 0.6 is 0 Å². The molecule has 31 heavy (non-hydrogen) atoms. The number of aliphatic hydroxyl groups is 1. The summed E-state index contributed by atoms with van der Waals surface area (Å²) in [5, 5.41) is 22.6. The largest absolute Gasteiger partial charge is 0.490 e. The van der Waals surface area contributed by atoms with Crippen molar-refractivity contribution in [1.29, 1.82) is 0 Å². The Labute approximate surface area is 182 Å². The van der Waals surface area contributed by atoms with Crippen LogP contribution in [0.25, 0.3) is 22.0 Å². The molecular formula is C24H30N4O3. The molecule has 164 valence electrons. The van der Waals surface area contributed by atoms with E-state index in [0.717, 1.165) is 53.7 Å². The first-order valence-electron chi connectivity index (χ1n) is 10.9. The lowest BCUT2D eigenvalue weighted by atomic mass is 9.93. The topological polar surface area (TPSA) is 90.5 Å². The lowest BCUT2D eigenvalue weighted by Gasteiger charge is -2.32. The number of fused-ring (bicyclic) bond motifs is 1. The third-order valence-corrected chi connectivity index (χ3v) is 6.02. The molecule has 1 fully saturated rings. The molecule has 2 heterocycles. The molecule has 3 aromatic rings. The van der Waals surface area contributed by atoms with E-state index in [-0.39, 0.29) is 12.5 Å². The predicted molar refractivity (Wildman–Crippen MR) is 121 cm³/mol. The molecule has 1 amide bonds. The second-order valence-corrected chi connectivity index (χ2v) is 8.22. The van der Waals surface area contributed by atoms with Gasteiger partial charge in [-0.1, -0.05) is 30.3 Å². The summed E-state index contributed by atoms with van der Waals surface area (Å²) in [6.07, 6.45) is 3.69. The van der Waals surface area contributed by atoms with Gasteiger partial charge in [-0.25, -0.2) is 0 Å². The van der Waals surface area contributed by atoms with Gasteiger partial charge in [0.25, 0.3) is 0 Å². The number of nitrogens with zero attached hydrogens (tertiary/aromatic N) is 2. The highest BCUT2D eigenvalue weighted by atomic mass is 16.5. The molecule has 7 nitrogen and oxygen atoms in total. The summed E-state index contributed by atoms with van der Waals surface area (Å²) in [5.74, 6) is 1.26. The summed E-state index contributed by atoms with van der Waals surface area (Å²) >= 11 is 0. The first-order valence-corrected chi connectivity index (χ1v) is 10.9. The average molecular weight is 423 g/mol. The maximum Gasteiger partial charge on any atom is 0.220 e. The molecule has 3 N–H and O–H groups in total. The first-order chi connectivity index (χ1) is 15.1. The van der Waals surface area contributed by atoms with Crippen LogP contribution in [-0.2, 0) is 4.79 Å². The van der Waals surface area contributed by atoms with Crippen LogP contribution in [0.5, 0.6) is 5.75 Å². The Morgan fingerprint density at radius 1 is 1.26 bits per heavy atom.